The lowest BCUT2D eigenvalue weighted by atomic mass is 9.86. The SMILES string of the molecule is Cc1ccc(S(=O)(=O)NC2c3cc(NC(=O)/C=C/c4ccccc4)ccc3CCC2O)cc1. The molecule has 0 heterocycles. The number of rotatable bonds is 6. The molecule has 3 N–H and O–H groups in total. The number of carbonyl (C=O) groups is 1. The number of hydrogen-bond donors (Lipinski definition) is 3. The Kier molecular flexibility index (Phi) is 6.74. The molecule has 0 spiro atoms. The molecule has 0 fully saturated rings. The Labute approximate surface area is 194 Å². The van der Waals surface area contributed by atoms with Gasteiger partial charge in [-0.05, 0) is 66.8 Å². The number of aliphatic hydroxyl groups is 1. The number of carbonyl (C=O) groups excluding carboxylic acids is 1. The van der Waals surface area contributed by atoms with E-state index in [0.717, 1.165) is 16.7 Å². The number of benzene rings is 3. The molecule has 0 saturated heterocycles. The highest BCUT2D eigenvalue weighted by Gasteiger charge is 2.32. The fourth-order valence-electron chi connectivity index (χ4n) is 3.88. The van der Waals surface area contributed by atoms with Crippen LogP contribution in [0.3, 0.4) is 0 Å². The van der Waals surface area contributed by atoms with Gasteiger partial charge in [0.1, 0.15) is 0 Å². The molecule has 3 aromatic carbocycles. The third kappa shape index (κ3) is 5.57. The van der Waals surface area contributed by atoms with Crippen molar-refractivity contribution in [3.05, 3.63) is 101 Å². The molecule has 3 aromatic rings. The molecular formula is C26H26N2O4S. The second kappa shape index (κ2) is 9.70. The zero-order chi connectivity index (χ0) is 23.4. The number of amides is 1. The highest BCUT2D eigenvalue weighted by atomic mass is 32.2. The molecule has 6 nitrogen and oxygen atoms in total. The van der Waals surface area contributed by atoms with Crippen LogP contribution in [0.25, 0.3) is 6.08 Å². The van der Waals surface area contributed by atoms with E-state index < -0.39 is 22.2 Å². The van der Waals surface area contributed by atoms with Gasteiger partial charge in [-0.15, -0.1) is 0 Å². The lowest BCUT2D eigenvalue weighted by Crippen LogP contribution is -2.39. The summed E-state index contributed by atoms with van der Waals surface area (Å²) in [6.07, 6.45) is 3.36. The van der Waals surface area contributed by atoms with Crippen LogP contribution >= 0.6 is 0 Å². The summed E-state index contributed by atoms with van der Waals surface area (Å²) in [7, 11) is -3.84. The van der Waals surface area contributed by atoms with Crippen molar-refractivity contribution in [1.29, 1.82) is 0 Å². The van der Waals surface area contributed by atoms with Gasteiger partial charge >= 0.3 is 0 Å². The summed E-state index contributed by atoms with van der Waals surface area (Å²) in [4.78, 5) is 12.5. The lowest BCUT2D eigenvalue weighted by Gasteiger charge is -2.31. The maximum atomic E-state index is 12.9. The van der Waals surface area contributed by atoms with Crippen LogP contribution in [0.5, 0.6) is 0 Å². The van der Waals surface area contributed by atoms with E-state index in [0.29, 0.717) is 24.1 Å². The highest BCUT2D eigenvalue weighted by molar-refractivity contribution is 7.89. The zero-order valence-electron chi connectivity index (χ0n) is 18.2. The van der Waals surface area contributed by atoms with Crippen LogP contribution in [-0.2, 0) is 21.2 Å². The van der Waals surface area contributed by atoms with Crippen LogP contribution < -0.4 is 10.0 Å². The molecular weight excluding hydrogens is 436 g/mol. The van der Waals surface area contributed by atoms with Crippen LogP contribution in [0.15, 0.2) is 83.8 Å². The quantitative estimate of drug-likeness (QED) is 0.483. The molecule has 1 aliphatic carbocycles. The molecule has 0 aromatic heterocycles. The van der Waals surface area contributed by atoms with Gasteiger partial charge in [0.25, 0.3) is 0 Å². The Morgan fingerprint density at radius 1 is 1.03 bits per heavy atom. The van der Waals surface area contributed by atoms with E-state index in [2.05, 4.69) is 10.0 Å². The summed E-state index contributed by atoms with van der Waals surface area (Å²) in [5, 5.41) is 13.4. The van der Waals surface area contributed by atoms with E-state index in [1.54, 1.807) is 42.5 Å². The Morgan fingerprint density at radius 2 is 1.76 bits per heavy atom. The Morgan fingerprint density at radius 3 is 2.48 bits per heavy atom. The molecule has 2 atom stereocenters. The van der Waals surface area contributed by atoms with E-state index >= 15 is 0 Å². The van der Waals surface area contributed by atoms with Crippen molar-refractivity contribution in [3.63, 3.8) is 0 Å². The van der Waals surface area contributed by atoms with E-state index in [1.165, 1.54) is 6.08 Å². The van der Waals surface area contributed by atoms with Gasteiger partial charge in [-0.25, -0.2) is 13.1 Å². The summed E-state index contributed by atoms with van der Waals surface area (Å²) in [6.45, 7) is 1.88. The predicted octanol–water partition coefficient (Wildman–Crippen LogP) is 3.97. The maximum Gasteiger partial charge on any atom is 0.248 e. The van der Waals surface area contributed by atoms with Gasteiger partial charge in [-0.1, -0.05) is 54.1 Å². The number of sulfonamides is 1. The number of nitrogens with one attached hydrogen (secondary N) is 2. The molecule has 2 unspecified atom stereocenters. The first-order valence-corrected chi connectivity index (χ1v) is 12.2. The van der Waals surface area contributed by atoms with Gasteiger partial charge in [0.2, 0.25) is 15.9 Å². The van der Waals surface area contributed by atoms with Crippen molar-refractivity contribution in [2.24, 2.45) is 0 Å². The van der Waals surface area contributed by atoms with E-state index in [4.69, 9.17) is 0 Å². The fraction of sp³-hybridized carbons (Fsp3) is 0.192. The molecule has 1 amide bonds. The van der Waals surface area contributed by atoms with E-state index in [1.807, 2.05) is 43.3 Å². The molecule has 0 radical (unpaired) electrons. The summed E-state index contributed by atoms with van der Waals surface area (Å²) in [6, 6.07) is 20.6. The predicted molar refractivity (Wildman–Crippen MR) is 129 cm³/mol. The first-order chi connectivity index (χ1) is 15.8. The zero-order valence-corrected chi connectivity index (χ0v) is 19.0. The largest absolute Gasteiger partial charge is 0.391 e. The second-order valence-corrected chi connectivity index (χ2v) is 9.88. The minimum absolute atomic E-state index is 0.142. The van der Waals surface area contributed by atoms with Crippen molar-refractivity contribution in [2.75, 3.05) is 5.32 Å². The normalized spacial score (nSPS) is 18.1. The molecule has 0 saturated carbocycles. The Bertz CT molecular complexity index is 1270. The number of aliphatic hydroxyl groups excluding tert-OH is 1. The maximum absolute atomic E-state index is 12.9. The smallest absolute Gasteiger partial charge is 0.248 e. The van der Waals surface area contributed by atoms with Crippen LogP contribution in [0.2, 0.25) is 0 Å². The molecule has 1 aliphatic rings. The topological polar surface area (TPSA) is 95.5 Å². The fourth-order valence-corrected chi connectivity index (χ4v) is 5.13. The standard InChI is InChI=1S/C26H26N2O4S/c1-18-7-13-22(14-8-18)33(31,32)28-26-23-17-21(12-10-20(23)11-15-24(26)29)27-25(30)16-9-19-5-3-2-4-6-19/h2-10,12-14,16-17,24,26,28-29H,11,15H2,1H3,(H,27,30)/b16-9+. The second-order valence-electron chi connectivity index (χ2n) is 8.16. The molecule has 0 aliphatic heterocycles. The van der Waals surface area contributed by atoms with Crippen molar-refractivity contribution < 1.29 is 18.3 Å². The first-order valence-electron chi connectivity index (χ1n) is 10.8. The average molecular weight is 463 g/mol. The Hall–Kier alpha value is -3.26. The summed E-state index contributed by atoms with van der Waals surface area (Å²) >= 11 is 0. The van der Waals surface area contributed by atoms with Crippen molar-refractivity contribution in [1.82, 2.24) is 4.72 Å². The van der Waals surface area contributed by atoms with Gasteiger partial charge in [0.15, 0.2) is 0 Å². The average Bonchev–Trinajstić information content (AvgIpc) is 2.81. The summed E-state index contributed by atoms with van der Waals surface area (Å²) in [5.74, 6) is -0.299. The monoisotopic (exact) mass is 462 g/mol. The van der Waals surface area contributed by atoms with Crippen LogP contribution in [0.1, 0.15) is 34.7 Å². The van der Waals surface area contributed by atoms with Gasteiger partial charge in [-0.2, -0.15) is 0 Å². The minimum Gasteiger partial charge on any atom is -0.391 e. The van der Waals surface area contributed by atoms with Crippen LogP contribution in [0.4, 0.5) is 5.69 Å². The molecule has 0 bridgehead atoms. The van der Waals surface area contributed by atoms with Crippen LogP contribution in [0, 0.1) is 6.92 Å². The summed E-state index contributed by atoms with van der Waals surface area (Å²) < 4.78 is 28.6. The molecule has 4 rings (SSSR count). The van der Waals surface area contributed by atoms with Crippen molar-refractivity contribution in [2.45, 2.75) is 36.8 Å². The van der Waals surface area contributed by atoms with Gasteiger partial charge < -0.3 is 10.4 Å². The molecule has 170 valence electrons. The van der Waals surface area contributed by atoms with Gasteiger partial charge in [-0.3, -0.25) is 4.79 Å². The van der Waals surface area contributed by atoms with Crippen LogP contribution in [-0.4, -0.2) is 25.5 Å². The van der Waals surface area contributed by atoms with Gasteiger partial charge in [0.05, 0.1) is 17.0 Å². The van der Waals surface area contributed by atoms with Gasteiger partial charge in [0, 0.05) is 11.8 Å². The summed E-state index contributed by atoms with van der Waals surface area (Å²) in [5.41, 5.74) is 4.00. The van der Waals surface area contributed by atoms with E-state index in [-0.39, 0.29) is 10.8 Å². The van der Waals surface area contributed by atoms with Crippen molar-refractivity contribution >= 4 is 27.7 Å². The third-order valence-electron chi connectivity index (χ3n) is 5.68. The number of aryl methyl sites for hydroxylation is 2. The van der Waals surface area contributed by atoms with Crippen molar-refractivity contribution in [3.8, 4) is 0 Å². The lowest BCUT2D eigenvalue weighted by molar-refractivity contribution is -0.111. The molecule has 7 heteroatoms. The number of hydrogen-bond acceptors (Lipinski definition) is 4. The molecule has 33 heavy (non-hydrogen) atoms. The Balaban J connectivity index is 1.55. The van der Waals surface area contributed by atoms with E-state index in [9.17, 15) is 18.3 Å². The third-order valence-corrected chi connectivity index (χ3v) is 7.14. The first kappa shape index (κ1) is 22.9. The minimum atomic E-state index is -3.84. The number of anilines is 1. The number of fused-ring (bicyclic) bond motifs is 1. The highest BCUT2D eigenvalue weighted by Crippen LogP contribution is 2.33.